The lowest BCUT2D eigenvalue weighted by Crippen LogP contribution is -2.38. The topological polar surface area (TPSA) is 58.6 Å². The Hall–Kier alpha value is -1.33. The number of hydrogen-bond donors (Lipinski definition) is 2. The van der Waals surface area contributed by atoms with Crippen LogP contribution in [-0.2, 0) is 4.79 Å². The third-order valence-electron chi connectivity index (χ3n) is 3.01. The standard InChI is InChI=1S/C14H19ClFNO3/c1-9(8-18)10(2)17-14(19)5-6-20-13-4-3-11(16)7-12(13)15/h3-4,7,9-10,18H,5-6,8H2,1-2H3,(H,17,19). The average molecular weight is 304 g/mol. The average Bonchev–Trinajstić information content (AvgIpc) is 2.40. The number of aliphatic hydroxyl groups excluding tert-OH is 1. The van der Waals surface area contributed by atoms with Gasteiger partial charge in [-0.3, -0.25) is 4.79 Å². The maximum absolute atomic E-state index is 12.8. The molecule has 2 unspecified atom stereocenters. The van der Waals surface area contributed by atoms with Crippen molar-refractivity contribution in [1.29, 1.82) is 0 Å². The Bertz CT molecular complexity index is 456. The molecule has 0 aliphatic heterocycles. The molecule has 2 atom stereocenters. The molecule has 1 amide bonds. The molecule has 112 valence electrons. The molecule has 0 saturated heterocycles. The predicted molar refractivity (Wildman–Crippen MR) is 75.4 cm³/mol. The van der Waals surface area contributed by atoms with Gasteiger partial charge in [-0.05, 0) is 31.0 Å². The van der Waals surface area contributed by atoms with Crippen molar-refractivity contribution in [3.63, 3.8) is 0 Å². The van der Waals surface area contributed by atoms with Gasteiger partial charge in [0.2, 0.25) is 5.91 Å². The van der Waals surface area contributed by atoms with E-state index in [-0.39, 0.29) is 42.5 Å². The second-order valence-corrected chi connectivity index (χ2v) is 5.10. The normalized spacial score (nSPS) is 13.7. The summed E-state index contributed by atoms with van der Waals surface area (Å²) in [6.45, 7) is 3.84. The molecule has 1 rings (SSSR count). The third kappa shape index (κ3) is 5.35. The number of amides is 1. The molecule has 1 aromatic carbocycles. The number of hydrogen-bond acceptors (Lipinski definition) is 3. The van der Waals surface area contributed by atoms with Crippen molar-refractivity contribution in [1.82, 2.24) is 5.32 Å². The van der Waals surface area contributed by atoms with E-state index in [4.69, 9.17) is 21.4 Å². The van der Waals surface area contributed by atoms with Crippen molar-refractivity contribution in [2.24, 2.45) is 5.92 Å². The number of carbonyl (C=O) groups excluding carboxylic acids is 1. The van der Waals surface area contributed by atoms with Gasteiger partial charge in [0.1, 0.15) is 11.6 Å². The minimum Gasteiger partial charge on any atom is -0.491 e. The fourth-order valence-electron chi connectivity index (χ4n) is 1.47. The van der Waals surface area contributed by atoms with E-state index in [1.807, 2.05) is 13.8 Å². The van der Waals surface area contributed by atoms with Crippen LogP contribution in [0.5, 0.6) is 5.75 Å². The van der Waals surface area contributed by atoms with Gasteiger partial charge >= 0.3 is 0 Å². The summed E-state index contributed by atoms with van der Waals surface area (Å²) in [6, 6.07) is 3.71. The van der Waals surface area contributed by atoms with E-state index in [9.17, 15) is 9.18 Å². The van der Waals surface area contributed by atoms with Gasteiger partial charge in [-0.25, -0.2) is 4.39 Å². The van der Waals surface area contributed by atoms with Gasteiger partial charge in [-0.1, -0.05) is 18.5 Å². The summed E-state index contributed by atoms with van der Waals surface area (Å²) in [6.07, 6.45) is 0.163. The molecule has 6 heteroatoms. The smallest absolute Gasteiger partial charge is 0.223 e. The lowest BCUT2D eigenvalue weighted by Gasteiger charge is -2.19. The lowest BCUT2D eigenvalue weighted by molar-refractivity contribution is -0.122. The molecule has 20 heavy (non-hydrogen) atoms. The van der Waals surface area contributed by atoms with Gasteiger partial charge in [0, 0.05) is 12.6 Å². The zero-order valence-corrected chi connectivity index (χ0v) is 12.3. The minimum absolute atomic E-state index is 0.00795. The van der Waals surface area contributed by atoms with E-state index in [1.54, 1.807) is 0 Å². The summed E-state index contributed by atoms with van der Waals surface area (Å²) >= 11 is 5.80. The molecule has 0 saturated carbocycles. The van der Waals surface area contributed by atoms with Crippen LogP contribution >= 0.6 is 11.6 Å². The Morgan fingerprint density at radius 1 is 1.50 bits per heavy atom. The Kier molecular flexibility index (Phi) is 6.75. The number of ether oxygens (including phenoxy) is 1. The van der Waals surface area contributed by atoms with Crippen molar-refractivity contribution in [3.8, 4) is 5.75 Å². The third-order valence-corrected chi connectivity index (χ3v) is 3.31. The van der Waals surface area contributed by atoms with Crippen LogP contribution in [0.2, 0.25) is 5.02 Å². The van der Waals surface area contributed by atoms with E-state index < -0.39 is 5.82 Å². The summed E-state index contributed by atoms with van der Waals surface area (Å²) in [7, 11) is 0. The molecular formula is C14H19ClFNO3. The molecule has 0 spiro atoms. The van der Waals surface area contributed by atoms with Crippen LogP contribution in [0.25, 0.3) is 0 Å². The molecule has 0 aliphatic rings. The number of carbonyl (C=O) groups is 1. The first-order valence-electron chi connectivity index (χ1n) is 6.42. The van der Waals surface area contributed by atoms with Crippen molar-refractivity contribution in [3.05, 3.63) is 29.0 Å². The zero-order chi connectivity index (χ0) is 15.1. The molecule has 4 nitrogen and oxygen atoms in total. The van der Waals surface area contributed by atoms with Crippen LogP contribution < -0.4 is 10.1 Å². The zero-order valence-electron chi connectivity index (χ0n) is 11.5. The van der Waals surface area contributed by atoms with E-state index in [2.05, 4.69) is 5.32 Å². The van der Waals surface area contributed by atoms with Crippen LogP contribution in [-0.4, -0.2) is 30.3 Å². The highest BCUT2D eigenvalue weighted by atomic mass is 35.5. The van der Waals surface area contributed by atoms with Crippen molar-refractivity contribution in [2.45, 2.75) is 26.3 Å². The monoisotopic (exact) mass is 303 g/mol. The molecule has 0 aromatic heterocycles. The van der Waals surface area contributed by atoms with Gasteiger partial charge in [-0.15, -0.1) is 0 Å². The highest BCUT2D eigenvalue weighted by molar-refractivity contribution is 6.32. The summed E-state index contributed by atoms with van der Waals surface area (Å²) in [5.74, 6) is -0.271. The minimum atomic E-state index is -0.438. The molecule has 1 aromatic rings. The lowest BCUT2D eigenvalue weighted by atomic mass is 10.1. The highest BCUT2D eigenvalue weighted by Gasteiger charge is 2.14. The second-order valence-electron chi connectivity index (χ2n) is 4.69. The maximum Gasteiger partial charge on any atom is 0.223 e. The van der Waals surface area contributed by atoms with Gasteiger partial charge in [0.25, 0.3) is 0 Å². The van der Waals surface area contributed by atoms with Gasteiger partial charge in [-0.2, -0.15) is 0 Å². The Morgan fingerprint density at radius 3 is 2.80 bits per heavy atom. The fraction of sp³-hybridized carbons (Fsp3) is 0.500. The molecule has 2 N–H and O–H groups in total. The number of nitrogens with one attached hydrogen (secondary N) is 1. The first-order valence-corrected chi connectivity index (χ1v) is 6.80. The van der Waals surface area contributed by atoms with E-state index in [0.717, 1.165) is 6.07 Å². The second kappa shape index (κ2) is 8.07. The van der Waals surface area contributed by atoms with Crippen LogP contribution in [0.1, 0.15) is 20.3 Å². The maximum atomic E-state index is 12.8. The first-order chi connectivity index (χ1) is 9.43. The number of rotatable bonds is 7. The van der Waals surface area contributed by atoms with Crippen LogP contribution in [0.3, 0.4) is 0 Å². The molecular weight excluding hydrogens is 285 g/mol. The molecule has 0 radical (unpaired) electrons. The Labute approximate surface area is 122 Å². The summed E-state index contributed by atoms with van der Waals surface area (Å²) in [5.41, 5.74) is 0. The van der Waals surface area contributed by atoms with Crippen molar-refractivity contribution < 1.29 is 19.0 Å². The summed E-state index contributed by atoms with van der Waals surface area (Å²) < 4.78 is 18.1. The van der Waals surface area contributed by atoms with Crippen LogP contribution in [0, 0.1) is 11.7 Å². The first kappa shape index (κ1) is 16.7. The largest absolute Gasteiger partial charge is 0.491 e. The Balaban J connectivity index is 2.35. The number of halogens is 2. The van der Waals surface area contributed by atoms with Gasteiger partial charge in [0.05, 0.1) is 18.1 Å². The van der Waals surface area contributed by atoms with Gasteiger partial charge in [0.15, 0.2) is 0 Å². The number of aliphatic hydroxyl groups is 1. The molecule has 0 fully saturated rings. The Morgan fingerprint density at radius 2 is 2.20 bits per heavy atom. The van der Waals surface area contributed by atoms with E-state index >= 15 is 0 Å². The van der Waals surface area contributed by atoms with Crippen molar-refractivity contribution in [2.75, 3.05) is 13.2 Å². The van der Waals surface area contributed by atoms with Crippen molar-refractivity contribution >= 4 is 17.5 Å². The van der Waals surface area contributed by atoms with E-state index in [1.165, 1.54) is 12.1 Å². The molecule has 0 aliphatic carbocycles. The summed E-state index contributed by atoms with van der Waals surface area (Å²) in [4.78, 5) is 11.6. The highest BCUT2D eigenvalue weighted by Crippen LogP contribution is 2.24. The fourth-order valence-corrected chi connectivity index (χ4v) is 1.69. The van der Waals surface area contributed by atoms with Crippen LogP contribution in [0.15, 0.2) is 18.2 Å². The van der Waals surface area contributed by atoms with Gasteiger partial charge < -0.3 is 15.2 Å². The predicted octanol–water partition coefficient (Wildman–Crippen LogP) is 2.38. The summed E-state index contributed by atoms with van der Waals surface area (Å²) in [5, 5.41) is 11.9. The van der Waals surface area contributed by atoms with E-state index in [0.29, 0.717) is 5.75 Å². The molecule has 0 bridgehead atoms. The number of benzene rings is 1. The van der Waals surface area contributed by atoms with Crippen LogP contribution in [0.4, 0.5) is 4.39 Å². The molecule has 0 heterocycles. The quantitative estimate of drug-likeness (QED) is 0.813. The SMILES string of the molecule is CC(CO)C(C)NC(=O)CCOc1ccc(F)cc1Cl.